The third kappa shape index (κ3) is 3.55. The smallest absolute Gasteiger partial charge is 0.322 e. The number of rotatable bonds is 2. The third-order valence-corrected chi connectivity index (χ3v) is 3.76. The van der Waals surface area contributed by atoms with Crippen molar-refractivity contribution in [1.82, 2.24) is 9.88 Å². The van der Waals surface area contributed by atoms with Gasteiger partial charge < -0.3 is 15.0 Å². The van der Waals surface area contributed by atoms with E-state index in [1.165, 1.54) is 0 Å². The Morgan fingerprint density at radius 1 is 1.32 bits per heavy atom. The number of anilines is 1. The van der Waals surface area contributed by atoms with Crippen LogP contribution in [0.1, 0.15) is 11.7 Å². The Bertz CT molecular complexity index is 634. The highest BCUT2D eigenvalue weighted by Crippen LogP contribution is 2.24. The van der Waals surface area contributed by atoms with Crippen LogP contribution in [0.2, 0.25) is 5.02 Å². The molecule has 1 saturated heterocycles. The van der Waals surface area contributed by atoms with Gasteiger partial charge >= 0.3 is 6.03 Å². The molecule has 0 bridgehead atoms. The van der Waals surface area contributed by atoms with Crippen LogP contribution in [-0.2, 0) is 4.74 Å². The van der Waals surface area contributed by atoms with Gasteiger partial charge in [0, 0.05) is 17.8 Å². The molecule has 1 unspecified atom stereocenters. The van der Waals surface area contributed by atoms with Gasteiger partial charge in [-0.3, -0.25) is 4.98 Å². The number of morpholine rings is 1. The number of aromatic nitrogens is 1. The van der Waals surface area contributed by atoms with Crippen LogP contribution in [0, 0.1) is 0 Å². The molecular weight excluding hydrogens is 302 g/mol. The molecule has 5 nitrogen and oxygen atoms in total. The first kappa shape index (κ1) is 14.8. The van der Waals surface area contributed by atoms with E-state index >= 15 is 0 Å². The second-order valence-corrected chi connectivity index (χ2v) is 5.47. The summed E-state index contributed by atoms with van der Waals surface area (Å²) >= 11 is 5.90. The van der Waals surface area contributed by atoms with Crippen LogP contribution in [0.3, 0.4) is 0 Å². The zero-order valence-electron chi connectivity index (χ0n) is 11.9. The fourth-order valence-electron chi connectivity index (χ4n) is 2.35. The van der Waals surface area contributed by atoms with Crippen molar-refractivity contribution in [2.24, 2.45) is 0 Å². The summed E-state index contributed by atoms with van der Waals surface area (Å²) in [5.41, 5.74) is 1.70. The quantitative estimate of drug-likeness (QED) is 0.924. The Hall–Kier alpha value is -2.11. The maximum Gasteiger partial charge on any atom is 0.322 e. The molecule has 1 fully saturated rings. The van der Waals surface area contributed by atoms with Gasteiger partial charge in [0.2, 0.25) is 0 Å². The fourth-order valence-corrected chi connectivity index (χ4v) is 2.48. The number of halogens is 1. The molecule has 2 aromatic rings. The van der Waals surface area contributed by atoms with Crippen LogP contribution in [0.15, 0.2) is 48.8 Å². The number of amides is 2. The molecule has 114 valence electrons. The zero-order chi connectivity index (χ0) is 15.4. The highest BCUT2D eigenvalue weighted by atomic mass is 35.5. The topological polar surface area (TPSA) is 54.5 Å². The molecule has 2 heterocycles. The summed E-state index contributed by atoms with van der Waals surface area (Å²) in [7, 11) is 0. The maximum absolute atomic E-state index is 12.3. The zero-order valence-corrected chi connectivity index (χ0v) is 12.7. The number of pyridine rings is 1. The van der Waals surface area contributed by atoms with Gasteiger partial charge in [-0.25, -0.2) is 4.79 Å². The van der Waals surface area contributed by atoms with Gasteiger partial charge in [0.1, 0.15) is 6.10 Å². The second kappa shape index (κ2) is 6.77. The molecule has 1 aliphatic rings. The average molecular weight is 318 g/mol. The van der Waals surface area contributed by atoms with E-state index < -0.39 is 0 Å². The van der Waals surface area contributed by atoms with Gasteiger partial charge in [0.15, 0.2) is 0 Å². The van der Waals surface area contributed by atoms with Crippen LogP contribution in [0.25, 0.3) is 0 Å². The predicted octanol–water partition coefficient (Wildman–Crippen LogP) is 3.34. The van der Waals surface area contributed by atoms with Gasteiger partial charge in [-0.1, -0.05) is 23.7 Å². The maximum atomic E-state index is 12.3. The van der Waals surface area contributed by atoms with Gasteiger partial charge in [-0.15, -0.1) is 0 Å². The lowest BCUT2D eigenvalue weighted by atomic mass is 10.1. The first-order valence-corrected chi connectivity index (χ1v) is 7.43. The predicted molar refractivity (Wildman–Crippen MR) is 85.0 cm³/mol. The molecule has 2 amide bonds. The second-order valence-electron chi connectivity index (χ2n) is 5.03. The molecule has 0 aliphatic carbocycles. The SMILES string of the molecule is O=C(Nc1cccnc1)N1CCOC(c2ccc(Cl)cc2)C1. The largest absolute Gasteiger partial charge is 0.370 e. The summed E-state index contributed by atoms with van der Waals surface area (Å²) in [5.74, 6) is 0. The summed E-state index contributed by atoms with van der Waals surface area (Å²) in [6, 6.07) is 11.0. The number of nitrogens with one attached hydrogen (secondary N) is 1. The normalized spacial score (nSPS) is 18.0. The van der Waals surface area contributed by atoms with Crippen LogP contribution in [0.5, 0.6) is 0 Å². The minimum Gasteiger partial charge on any atom is -0.370 e. The van der Waals surface area contributed by atoms with Gasteiger partial charge in [0.25, 0.3) is 0 Å². The lowest BCUT2D eigenvalue weighted by molar-refractivity contribution is -0.0135. The third-order valence-electron chi connectivity index (χ3n) is 3.51. The summed E-state index contributed by atoms with van der Waals surface area (Å²) in [6.07, 6.45) is 3.15. The van der Waals surface area contributed by atoms with Crippen molar-refractivity contribution in [3.05, 3.63) is 59.4 Å². The minimum absolute atomic E-state index is 0.134. The Balaban J connectivity index is 1.65. The number of benzene rings is 1. The van der Waals surface area contributed by atoms with Crippen molar-refractivity contribution < 1.29 is 9.53 Å². The first-order chi connectivity index (χ1) is 10.7. The lowest BCUT2D eigenvalue weighted by Gasteiger charge is -2.33. The number of urea groups is 1. The number of hydrogen-bond donors (Lipinski definition) is 1. The van der Waals surface area contributed by atoms with Crippen molar-refractivity contribution in [2.45, 2.75) is 6.10 Å². The van der Waals surface area contributed by atoms with Crippen molar-refractivity contribution in [2.75, 3.05) is 25.0 Å². The highest BCUT2D eigenvalue weighted by Gasteiger charge is 2.25. The molecule has 1 atom stereocenters. The highest BCUT2D eigenvalue weighted by molar-refractivity contribution is 6.30. The first-order valence-electron chi connectivity index (χ1n) is 7.05. The van der Waals surface area contributed by atoms with Gasteiger partial charge in [-0.05, 0) is 29.8 Å². The van der Waals surface area contributed by atoms with Crippen molar-refractivity contribution in [3.8, 4) is 0 Å². The van der Waals surface area contributed by atoms with Crippen LogP contribution in [-0.4, -0.2) is 35.6 Å². The molecule has 0 radical (unpaired) electrons. The van der Waals surface area contributed by atoms with E-state index in [4.69, 9.17) is 16.3 Å². The van der Waals surface area contributed by atoms with E-state index in [2.05, 4.69) is 10.3 Å². The number of carbonyl (C=O) groups is 1. The van der Waals surface area contributed by atoms with E-state index in [0.717, 1.165) is 5.56 Å². The molecule has 1 aliphatic heterocycles. The lowest BCUT2D eigenvalue weighted by Crippen LogP contribution is -2.44. The van der Waals surface area contributed by atoms with Crippen LogP contribution in [0.4, 0.5) is 10.5 Å². The van der Waals surface area contributed by atoms with Crippen molar-refractivity contribution >= 4 is 23.3 Å². The van der Waals surface area contributed by atoms with E-state index in [-0.39, 0.29) is 12.1 Å². The molecule has 0 saturated carbocycles. The van der Waals surface area contributed by atoms with Gasteiger partial charge in [-0.2, -0.15) is 0 Å². The Morgan fingerprint density at radius 2 is 2.14 bits per heavy atom. The van der Waals surface area contributed by atoms with Crippen LogP contribution >= 0.6 is 11.6 Å². The number of hydrogen-bond acceptors (Lipinski definition) is 3. The summed E-state index contributed by atoms with van der Waals surface area (Å²) in [4.78, 5) is 18.0. The summed E-state index contributed by atoms with van der Waals surface area (Å²) in [5, 5.41) is 3.53. The summed E-state index contributed by atoms with van der Waals surface area (Å²) < 4.78 is 5.76. The van der Waals surface area contributed by atoms with Gasteiger partial charge in [0.05, 0.1) is 25.0 Å². The molecular formula is C16H16ClN3O2. The monoisotopic (exact) mass is 317 g/mol. The van der Waals surface area contributed by atoms with E-state index in [0.29, 0.717) is 30.4 Å². The summed E-state index contributed by atoms with van der Waals surface area (Å²) in [6.45, 7) is 1.58. The Morgan fingerprint density at radius 3 is 2.86 bits per heavy atom. The van der Waals surface area contributed by atoms with Crippen LogP contribution < -0.4 is 5.32 Å². The average Bonchev–Trinajstić information content (AvgIpc) is 2.56. The standard InChI is InChI=1S/C16H16ClN3O2/c17-13-5-3-12(4-6-13)15-11-20(8-9-22-15)16(21)19-14-2-1-7-18-10-14/h1-7,10,15H,8-9,11H2,(H,19,21). The number of carbonyl (C=O) groups excluding carboxylic acids is 1. The Labute approximate surface area is 133 Å². The van der Waals surface area contributed by atoms with Crippen molar-refractivity contribution in [1.29, 1.82) is 0 Å². The molecule has 1 N–H and O–H groups in total. The minimum atomic E-state index is -0.143. The number of ether oxygens (including phenoxy) is 1. The van der Waals surface area contributed by atoms with E-state index in [9.17, 15) is 4.79 Å². The molecule has 6 heteroatoms. The molecule has 0 spiro atoms. The molecule has 1 aromatic carbocycles. The fraction of sp³-hybridized carbons (Fsp3) is 0.250. The molecule has 3 rings (SSSR count). The number of nitrogens with zero attached hydrogens (tertiary/aromatic N) is 2. The molecule has 1 aromatic heterocycles. The Kier molecular flexibility index (Phi) is 4.56. The van der Waals surface area contributed by atoms with E-state index in [1.807, 2.05) is 30.3 Å². The van der Waals surface area contributed by atoms with E-state index in [1.54, 1.807) is 23.4 Å². The van der Waals surface area contributed by atoms with Crippen molar-refractivity contribution in [3.63, 3.8) is 0 Å². The molecule has 22 heavy (non-hydrogen) atoms.